The fraction of sp³-hybridized carbons (Fsp3) is 0.118. The van der Waals surface area contributed by atoms with Gasteiger partial charge in [0.25, 0.3) is 21.8 Å². The number of sulfonamides is 1. The minimum absolute atomic E-state index is 0.0986. The molecule has 3 rings (SSSR count). The number of fused-ring (bicyclic) bond motifs is 1. The van der Waals surface area contributed by atoms with E-state index < -0.39 is 21.8 Å². The number of carbonyl (C=O) groups is 2. The van der Waals surface area contributed by atoms with Crippen LogP contribution in [-0.4, -0.2) is 44.6 Å². The fourth-order valence-electron chi connectivity index (χ4n) is 2.52. The van der Waals surface area contributed by atoms with E-state index >= 15 is 0 Å². The highest BCUT2D eigenvalue weighted by atomic mass is 35.5. The number of hydrogen-bond donors (Lipinski definition) is 2. The van der Waals surface area contributed by atoms with Crippen LogP contribution in [0.5, 0.6) is 0 Å². The lowest BCUT2D eigenvalue weighted by molar-refractivity contribution is -0.122. The normalized spacial score (nSPS) is 14.1. The van der Waals surface area contributed by atoms with Crippen LogP contribution in [0.1, 0.15) is 15.9 Å². The zero-order valence-corrected chi connectivity index (χ0v) is 15.7. The van der Waals surface area contributed by atoms with E-state index in [2.05, 4.69) is 15.2 Å². The molecule has 2 amide bonds. The summed E-state index contributed by atoms with van der Waals surface area (Å²) in [6, 6.07) is 12.6. The highest BCUT2D eigenvalue weighted by molar-refractivity contribution is 7.90. The lowest BCUT2D eigenvalue weighted by Crippen LogP contribution is -2.46. The van der Waals surface area contributed by atoms with Crippen LogP contribution in [-0.2, 0) is 14.8 Å². The van der Waals surface area contributed by atoms with E-state index in [1.54, 1.807) is 36.4 Å². The Kier molecular flexibility index (Phi) is 5.15. The molecule has 0 unspecified atom stereocenters. The molecular formula is C17H15ClN4O4S. The second-order valence-electron chi connectivity index (χ2n) is 5.75. The van der Waals surface area contributed by atoms with Crippen molar-refractivity contribution in [2.45, 2.75) is 4.90 Å². The Morgan fingerprint density at radius 2 is 1.85 bits per heavy atom. The number of carbonyl (C=O) groups excluding carboxylic acids is 2. The number of benzene rings is 2. The Balaban J connectivity index is 1.63. The third-order valence-corrected chi connectivity index (χ3v) is 5.32. The van der Waals surface area contributed by atoms with Crippen LogP contribution in [0.15, 0.2) is 57.8 Å². The Bertz CT molecular complexity index is 1050. The quantitative estimate of drug-likeness (QED) is 0.744. The van der Waals surface area contributed by atoms with Gasteiger partial charge in [-0.3, -0.25) is 20.4 Å². The van der Waals surface area contributed by atoms with Gasteiger partial charge >= 0.3 is 0 Å². The van der Waals surface area contributed by atoms with Gasteiger partial charge in [-0.25, -0.2) is 0 Å². The first-order valence-electron chi connectivity index (χ1n) is 7.78. The van der Waals surface area contributed by atoms with E-state index in [1.165, 1.54) is 24.1 Å². The van der Waals surface area contributed by atoms with Gasteiger partial charge in [-0.1, -0.05) is 29.8 Å². The second-order valence-corrected chi connectivity index (χ2v) is 7.76. The Hall–Kier alpha value is -2.91. The molecule has 1 heterocycles. The minimum atomic E-state index is -3.77. The molecule has 1 aliphatic rings. The standard InChI is InChI=1S/C17H15ClN4O4S/c1-22(16-13-7-2-3-8-14(13)27(25,26)21-16)10-15(23)19-20-17(24)11-5-4-6-12(18)9-11/h2-9H,10H2,1H3,(H,19,23)(H,20,24). The number of hydrazine groups is 1. The van der Waals surface area contributed by atoms with Crippen molar-refractivity contribution in [2.24, 2.45) is 4.40 Å². The van der Waals surface area contributed by atoms with E-state index in [0.717, 1.165) is 0 Å². The van der Waals surface area contributed by atoms with Crippen LogP contribution in [0.3, 0.4) is 0 Å². The van der Waals surface area contributed by atoms with E-state index in [0.29, 0.717) is 10.6 Å². The number of likely N-dealkylation sites (N-methyl/N-ethyl adjacent to an activating group) is 1. The largest absolute Gasteiger partial charge is 0.349 e. The summed E-state index contributed by atoms with van der Waals surface area (Å²) < 4.78 is 27.9. The third-order valence-electron chi connectivity index (χ3n) is 3.76. The van der Waals surface area contributed by atoms with Crippen molar-refractivity contribution in [3.63, 3.8) is 0 Å². The molecule has 1 aliphatic heterocycles. The summed E-state index contributed by atoms with van der Waals surface area (Å²) in [7, 11) is -2.23. The molecule has 0 aliphatic carbocycles. The molecule has 0 aromatic heterocycles. The third kappa shape index (κ3) is 4.09. The van der Waals surface area contributed by atoms with E-state index in [4.69, 9.17) is 11.6 Å². The van der Waals surface area contributed by atoms with Gasteiger partial charge in [0.2, 0.25) is 0 Å². The summed E-state index contributed by atoms with van der Waals surface area (Å²) in [6.45, 7) is -0.210. The van der Waals surface area contributed by atoms with E-state index in [9.17, 15) is 18.0 Å². The zero-order chi connectivity index (χ0) is 19.6. The van der Waals surface area contributed by atoms with Gasteiger partial charge in [0.05, 0.1) is 6.54 Å². The molecule has 2 aromatic carbocycles. The lowest BCUT2D eigenvalue weighted by atomic mass is 10.2. The summed E-state index contributed by atoms with van der Waals surface area (Å²) in [6.07, 6.45) is 0. The van der Waals surface area contributed by atoms with Crippen LogP contribution < -0.4 is 10.9 Å². The number of nitrogens with zero attached hydrogens (tertiary/aromatic N) is 2. The molecule has 27 heavy (non-hydrogen) atoms. The first-order valence-corrected chi connectivity index (χ1v) is 9.60. The van der Waals surface area contributed by atoms with Gasteiger partial charge in [0.15, 0.2) is 5.84 Å². The molecule has 140 valence electrons. The number of halogens is 1. The number of amides is 2. The Morgan fingerprint density at radius 1 is 1.11 bits per heavy atom. The summed E-state index contributed by atoms with van der Waals surface area (Å²) in [5.41, 5.74) is 5.26. The van der Waals surface area contributed by atoms with Crippen molar-refractivity contribution >= 4 is 39.3 Å². The zero-order valence-electron chi connectivity index (χ0n) is 14.1. The summed E-state index contributed by atoms with van der Waals surface area (Å²) >= 11 is 5.82. The maximum atomic E-state index is 12.1. The molecule has 0 bridgehead atoms. The van der Waals surface area contributed by atoms with Crippen molar-refractivity contribution < 1.29 is 18.0 Å². The number of rotatable bonds is 3. The fourth-order valence-corrected chi connectivity index (χ4v) is 3.96. The molecule has 0 fully saturated rings. The van der Waals surface area contributed by atoms with Crippen LogP contribution in [0.4, 0.5) is 0 Å². The monoisotopic (exact) mass is 406 g/mol. The first kappa shape index (κ1) is 18.9. The SMILES string of the molecule is CN(CC(=O)NNC(=O)c1cccc(Cl)c1)C1=NS(=O)(=O)c2ccccc21. The van der Waals surface area contributed by atoms with Gasteiger partial charge in [-0.2, -0.15) is 8.42 Å². The molecule has 0 saturated heterocycles. The van der Waals surface area contributed by atoms with Gasteiger partial charge in [-0.15, -0.1) is 4.40 Å². The maximum Gasteiger partial charge on any atom is 0.285 e. The molecule has 0 saturated carbocycles. The van der Waals surface area contributed by atoms with Crippen molar-refractivity contribution in [3.05, 3.63) is 64.7 Å². The molecule has 2 aromatic rings. The van der Waals surface area contributed by atoms with Crippen LogP contribution >= 0.6 is 11.6 Å². The highest BCUT2D eigenvalue weighted by Gasteiger charge is 2.30. The van der Waals surface area contributed by atoms with Crippen molar-refractivity contribution in [1.29, 1.82) is 0 Å². The average Bonchev–Trinajstić information content (AvgIpc) is 2.91. The molecule has 0 atom stereocenters. The van der Waals surface area contributed by atoms with Crippen LogP contribution in [0.25, 0.3) is 0 Å². The molecule has 2 N–H and O–H groups in total. The highest BCUT2D eigenvalue weighted by Crippen LogP contribution is 2.26. The topological polar surface area (TPSA) is 108 Å². The van der Waals surface area contributed by atoms with Gasteiger partial charge in [0, 0.05) is 23.2 Å². The summed E-state index contributed by atoms with van der Waals surface area (Å²) in [4.78, 5) is 25.6. The Labute approximate surface area is 160 Å². The molecule has 0 spiro atoms. The Morgan fingerprint density at radius 3 is 2.59 bits per heavy atom. The van der Waals surface area contributed by atoms with Gasteiger partial charge in [-0.05, 0) is 30.3 Å². The van der Waals surface area contributed by atoms with Crippen LogP contribution in [0, 0.1) is 0 Å². The van der Waals surface area contributed by atoms with Gasteiger partial charge in [0.1, 0.15) is 4.90 Å². The first-order chi connectivity index (χ1) is 12.8. The number of amidine groups is 1. The van der Waals surface area contributed by atoms with Crippen molar-refractivity contribution in [2.75, 3.05) is 13.6 Å². The molecular weight excluding hydrogens is 392 g/mol. The molecule has 8 nitrogen and oxygen atoms in total. The smallest absolute Gasteiger partial charge is 0.285 e. The van der Waals surface area contributed by atoms with E-state index in [-0.39, 0.29) is 22.8 Å². The predicted octanol–water partition coefficient (Wildman–Crippen LogP) is 1.18. The van der Waals surface area contributed by atoms with E-state index in [1.807, 2.05) is 0 Å². The van der Waals surface area contributed by atoms with Crippen LogP contribution in [0.2, 0.25) is 5.02 Å². The van der Waals surface area contributed by atoms with Crippen molar-refractivity contribution in [3.8, 4) is 0 Å². The average molecular weight is 407 g/mol. The maximum absolute atomic E-state index is 12.1. The minimum Gasteiger partial charge on any atom is -0.349 e. The number of nitrogens with one attached hydrogen (secondary N) is 2. The van der Waals surface area contributed by atoms with Crippen molar-refractivity contribution in [1.82, 2.24) is 15.8 Å². The lowest BCUT2D eigenvalue weighted by Gasteiger charge is -2.18. The van der Waals surface area contributed by atoms with Gasteiger partial charge < -0.3 is 4.90 Å². The summed E-state index contributed by atoms with van der Waals surface area (Å²) in [5, 5.41) is 0.396. The predicted molar refractivity (Wildman–Crippen MR) is 99.9 cm³/mol. The number of hydrogen-bond acceptors (Lipinski definition) is 5. The molecule has 0 radical (unpaired) electrons. The summed E-state index contributed by atoms with van der Waals surface area (Å²) in [5.74, 6) is -0.904. The molecule has 10 heteroatoms. The second kappa shape index (κ2) is 7.37.